The first kappa shape index (κ1) is 9.47. The Morgan fingerprint density at radius 2 is 1.92 bits per heavy atom. The zero-order chi connectivity index (χ0) is 9.10. The largest absolute Gasteiger partial charge is 0.381 e. The van der Waals surface area contributed by atoms with Gasteiger partial charge in [-0.3, -0.25) is 0 Å². The molecule has 2 nitrogen and oxygen atoms in total. The fourth-order valence-corrected chi connectivity index (χ4v) is 2.76. The molecule has 0 bridgehead atoms. The SMILES string of the molecule is NCC(CC1COC1)C1CCCC1. The lowest BCUT2D eigenvalue weighted by Gasteiger charge is -2.32. The monoisotopic (exact) mass is 183 g/mol. The first-order valence-corrected chi connectivity index (χ1v) is 5.68. The van der Waals surface area contributed by atoms with Gasteiger partial charge in [-0.25, -0.2) is 0 Å². The highest BCUT2D eigenvalue weighted by atomic mass is 16.5. The van der Waals surface area contributed by atoms with Crippen LogP contribution in [0.2, 0.25) is 0 Å². The van der Waals surface area contributed by atoms with Gasteiger partial charge in [0.15, 0.2) is 0 Å². The van der Waals surface area contributed by atoms with Crippen LogP contribution in [-0.2, 0) is 4.74 Å². The summed E-state index contributed by atoms with van der Waals surface area (Å²) in [6, 6.07) is 0. The molecule has 1 unspecified atom stereocenters. The lowest BCUT2D eigenvalue weighted by atomic mass is 9.83. The van der Waals surface area contributed by atoms with E-state index in [4.69, 9.17) is 10.5 Å². The molecule has 1 atom stereocenters. The second-order valence-corrected chi connectivity index (χ2v) is 4.68. The first-order chi connectivity index (χ1) is 6.40. The minimum atomic E-state index is 0.788. The summed E-state index contributed by atoms with van der Waals surface area (Å²) < 4.78 is 5.20. The van der Waals surface area contributed by atoms with Crippen LogP contribution in [0.3, 0.4) is 0 Å². The predicted octanol–water partition coefficient (Wildman–Crippen LogP) is 1.79. The molecule has 2 fully saturated rings. The van der Waals surface area contributed by atoms with Gasteiger partial charge >= 0.3 is 0 Å². The van der Waals surface area contributed by atoms with E-state index in [-0.39, 0.29) is 0 Å². The van der Waals surface area contributed by atoms with Crippen molar-refractivity contribution in [2.45, 2.75) is 32.1 Å². The van der Waals surface area contributed by atoms with E-state index < -0.39 is 0 Å². The van der Waals surface area contributed by atoms with Crippen LogP contribution in [0.1, 0.15) is 32.1 Å². The summed E-state index contributed by atoms with van der Waals surface area (Å²) in [6.07, 6.45) is 7.04. The Morgan fingerprint density at radius 3 is 2.38 bits per heavy atom. The average molecular weight is 183 g/mol. The van der Waals surface area contributed by atoms with E-state index in [1.54, 1.807) is 0 Å². The molecule has 2 aliphatic rings. The maximum absolute atomic E-state index is 5.84. The van der Waals surface area contributed by atoms with Gasteiger partial charge in [-0.15, -0.1) is 0 Å². The van der Waals surface area contributed by atoms with Crippen molar-refractivity contribution in [3.8, 4) is 0 Å². The molecule has 0 amide bonds. The molecule has 76 valence electrons. The number of hydrogen-bond donors (Lipinski definition) is 1. The molecule has 1 saturated carbocycles. The average Bonchev–Trinajstić information content (AvgIpc) is 2.55. The van der Waals surface area contributed by atoms with Crippen molar-refractivity contribution < 1.29 is 4.74 Å². The highest BCUT2D eigenvalue weighted by Gasteiger charge is 2.29. The maximum Gasteiger partial charge on any atom is 0.0516 e. The van der Waals surface area contributed by atoms with E-state index in [0.29, 0.717) is 0 Å². The summed E-state index contributed by atoms with van der Waals surface area (Å²) in [6.45, 7) is 2.87. The third-order valence-corrected chi connectivity index (χ3v) is 3.71. The second-order valence-electron chi connectivity index (χ2n) is 4.68. The van der Waals surface area contributed by atoms with Crippen molar-refractivity contribution in [1.29, 1.82) is 0 Å². The minimum Gasteiger partial charge on any atom is -0.381 e. The van der Waals surface area contributed by atoms with Gasteiger partial charge in [-0.05, 0) is 24.8 Å². The van der Waals surface area contributed by atoms with Crippen LogP contribution in [0.25, 0.3) is 0 Å². The smallest absolute Gasteiger partial charge is 0.0516 e. The van der Waals surface area contributed by atoms with Gasteiger partial charge in [0.2, 0.25) is 0 Å². The number of rotatable bonds is 4. The lowest BCUT2D eigenvalue weighted by molar-refractivity contribution is -0.0453. The number of ether oxygens (including phenoxy) is 1. The molecular formula is C11H21NO. The Balaban J connectivity index is 1.77. The van der Waals surface area contributed by atoms with E-state index in [9.17, 15) is 0 Å². The molecule has 2 N–H and O–H groups in total. The van der Waals surface area contributed by atoms with Crippen LogP contribution in [0.15, 0.2) is 0 Å². The number of nitrogens with two attached hydrogens (primary N) is 1. The molecular weight excluding hydrogens is 162 g/mol. The molecule has 0 aromatic heterocycles. The van der Waals surface area contributed by atoms with E-state index >= 15 is 0 Å². The number of hydrogen-bond acceptors (Lipinski definition) is 2. The summed E-state index contributed by atoms with van der Waals surface area (Å²) in [5, 5.41) is 0. The Bertz CT molecular complexity index is 150. The van der Waals surface area contributed by atoms with Crippen molar-refractivity contribution in [2.75, 3.05) is 19.8 Å². The van der Waals surface area contributed by atoms with Crippen LogP contribution in [0.5, 0.6) is 0 Å². The fraction of sp³-hybridized carbons (Fsp3) is 1.00. The Kier molecular flexibility index (Phi) is 3.23. The van der Waals surface area contributed by atoms with Crippen LogP contribution in [0, 0.1) is 17.8 Å². The predicted molar refractivity (Wildman–Crippen MR) is 53.4 cm³/mol. The molecule has 1 saturated heterocycles. The third-order valence-electron chi connectivity index (χ3n) is 3.71. The van der Waals surface area contributed by atoms with Gasteiger partial charge < -0.3 is 10.5 Å². The zero-order valence-corrected chi connectivity index (χ0v) is 8.37. The molecule has 1 aliphatic heterocycles. The summed E-state index contributed by atoms with van der Waals surface area (Å²) >= 11 is 0. The highest BCUT2D eigenvalue weighted by molar-refractivity contribution is 4.80. The zero-order valence-electron chi connectivity index (χ0n) is 8.37. The van der Waals surface area contributed by atoms with E-state index in [1.807, 2.05) is 0 Å². The minimum absolute atomic E-state index is 0.788. The van der Waals surface area contributed by atoms with Crippen LogP contribution < -0.4 is 5.73 Å². The van der Waals surface area contributed by atoms with Crippen LogP contribution in [-0.4, -0.2) is 19.8 Å². The molecule has 0 aromatic rings. The van der Waals surface area contributed by atoms with E-state index in [0.717, 1.165) is 37.5 Å². The summed E-state index contributed by atoms with van der Waals surface area (Å²) in [5.74, 6) is 2.55. The summed E-state index contributed by atoms with van der Waals surface area (Å²) in [4.78, 5) is 0. The lowest BCUT2D eigenvalue weighted by Crippen LogP contribution is -2.33. The Labute approximate surface area is 80.8 Å². The second kappa shape index (κ2) is 4.43. The summed E-state index contributed by atoms with van der Waals surface area (Å²) in [5.41, 5.74) is 5.84. The van der Waals surface area contributed by atoms with Gasteiger partial charge in [0.05, 0.1) is 13.2 Å². The quantitative estimate of drug-likeness (QED) is 0.721. The fourth-order valence-electron chi connectivity index (χ4n) is 2.76. The molecule has 0 aromatic carbocycles. The Hall–Kier alpha value is -0.0800. The molecule has 2 heteroatoms. The molecule has 1 heterocycles. The van der Waals surface area contributed by atoms with Gasteiger partial charge in [-0.1, -0.05) is 25.7 Å². The molecule has 13 heavy (non-hydrogen) atoms. The normalized spacial score (nSPS) is 27.5. The molecule has 1 aliphatic carbocycles. The van der Waals surface area contributed by atoms with Gasteiger partial charge in [0.25, 0.3) is 0 Å². The van der Waals surface area contributed by atoms with Gasteiger partial charge in [-0.2, -0.15) is 0 Å². The van der Waals surface area contributed by atoms with Crippen LogP contribution in [0.4, 0.5) is 0 Å². The first-order valence-electron chi connectivity index (χ1n) is 5.68. The van der Waals surface area contributed by atoms with Gasteiger partial charge in [0.1, 0.15) is 0 Å². The van der Waals surface area contributed by atoms with Crippen molar-refractivity contribution in [2.24, 2.45) is 23.5 Å². The van der Waals surface area contributed by atoms with Crippen LogP contribution >= 0.6 is 0 Å². The van der Waals surface area contributed by atoms with Crippen molar-refractivity contribution in [3.05, 3.63) is 0 Å². The highest BCUT2D eigenvalue weighted by Crippen LogP contribution is 2.35. The van der Waals surface area contributed by atoms with E-state index in [1.165, 1.54) is 32.1 Å². The maximum atomic E-state index is 5.84. The molecule has 0 radical (unpaired) electrons. The van der Waals surface area contributed by atoms with Crippen molar-refractivity contribution in [3.63, 3.8) is 0 Å². The van der Waals surface area contributed by atoms with Crippen molar-refractivity contribution in [1.82, 2.24) is 0 Å². The Morgan fingerprint density at radius 1 is 1.23 bits per heavy atom. The topological polar surface area (TPSA) is 35.2 Å². The van der Waals surface area contributed by atoms with Crippen molar-refractivity contribution >= 4 is 0 Å². The third kappa shape index (κ3) is 2.23. The summed E-state index contributed by atoms with van der Waals surface area (Å²) in [7, 11) is 0. The molecule has 0 spiro atoms. The standard InChI is InChI=1S/C11H21NO/c12-6-11(5-9-7-13-8-9)10-3-1-2-4-10/h9-11H,1-8,12H2. The van der Waals surface area contributed by atoms with Gasteiger partial charge in [0, 0.05) is 5.92 Å². The molecule has 2 rings (SSSR count). The van der Waals surface area contributed by atoms with E-state index in [2.05, 4.69) is 0 Å².